The van der Waals surface area contributed by atoms with Crippen LogP contribution in [0.1, 0.15) is 25.3 Å². The van der Waals surface area contributed by atoms with Crippen molar-refractivity contribution in [2.24, 2.45) is 0 Å². The van der Waals surface area contributed by atoms with Gasteiger partial charge in [0.1, 0.15) is 5.82 Å². The third-order valence-electron chi connectivity index (χ3n) is 3.91. The molecule has 1 aromatic carbocycles. The van der Waals surface area contributed by atoms with Gasteiger partial charge in [0, 0.05) is 26.2 Å². The lowest BCUT2D eigenvalue weighted by Crippen LogP contribution is -2.48. The Morgan fingerprint density at radius 2 is 1.86 bits per heavy atom. The number of hydrogen-bond donors (Lipinski definition) is 0. The van der Waals surface area contributed by atoms with Gasteiger partial charge in [-0.2, -0.15) is 4.31 Å². The summed E-state index contributed by atoms with van der Waals surface area (Å²) in [5.74, 6) is -0.407. The van der Waals surface area contributed by atoms with Crippen molar-refractivity contribution in [2.45, 2.75) is 31.6 Å². The van der Waals surface area contributed by atoms with Gasteiger partial charge in [0.05, 0.1) is 4.90 Å². The van der Waals surface area contributed by atoms with Crippen molar-refractivity contribution < 1.29 is 12.8 Å². The van der Waals surface area contributed by atoms with Gasteiger partial charge in [-0.1, -0.05) is 13.3 Å². The van der Waals surface area contributed by atoms with E-state index in [-0.39, 0.29) is 4.90 Å². The molecule has 0 atom stereocenters. The van der Waals surface area contributed by atoms with Crippen LogP contribution in [0, 0.1) is 12.7 Å². The van der Waals surface area contributed by atoms with Gasteiger partial charge < -0.3 is 4.90 Å². The van der Waals surface area contributed by atoms with Gasteiger partial charge in [-0.15, -0.1) is 0 Å². The maximum absolute atomic E-state index is 13.1. The fourth-order valence-electron chi connectivity index (χ4n) is 2.62. The molecule has 1 fully saturated rings. The average Bonchev–Trinajstić information content (AvgIpc) is 2.45. The lowest BCUT2D eigenvalue weighted by molar-refractivity contribution is 0.186. The molecule has 0 aromatic heterocycles. The quantitative estimate of drug-likeness (QED) is 0.837. The number of piperazine rings is 1. The number of unbranched alkanes of at least 4 members (excludes halogenated alkanes) is 1. The van der Waals surface area contributed by atoms with Crippen molar-refractivity contribution >= 4 is 10.0 Å². The van der Waals surface area contributed by atoms with E-state index in [0.717, 1.165) is 32.5 Å². The van der Waals surface area contributed by atoms with Crippen molar-refractivity contribution in [1.29, 1.82) is 0 Å². The minimum Gasteiger partial charge on any atom is -0.301 e. The highest BCUT2D eigenvalue weighted by molar-refractivity contribution is 7.89. The minimum absolute atomic E-state index is 0.214. The summed E-state index contributed by atoms with van der Waals surface area (Å²) in [6.07, 6.45) is 2.29. The molecule has 0 radical (unpaired) electrons. The SMILES string of the molecule is CCCCN1CCN(S(=O)(=O)c2ccc(F)cc2C)CC1. The molecule has 0 bridgehead atoms. The Labute approximate surface area is 126 Å². The summed E-state index contributed by atoms with van der Waals surface area (Å²) in [6, 6.07) is 3.84. The zero-order chi connectivity index (χ0) is 15.5. The normalized spacial score (nSPS) is 18.0. The number of rotatable bonds is 5. The van der Waals surface area contributed by atoms with Crippen molar-refractivity contribution in [3.05, 3.63) is 29.6 Å². The van der Waals surface area contributed by atoms with E-state index in [1.165, 1.54) is 22.5 Å². The summed E-state index contributed by atoms with van der Waals surface area (Å²) in [5, 5.41) is 0. The van der Waals surface area contributed by atoms with Gasteiger partial charge in [0.15, 0.2) is 0 Å². The molecule has 0 saturated carbocycles. The Kier molecular flexibility index (Phi) is 5.35. The molecule has 0 aliphatic carbocycles. The maximum atomic E-state index is 13.1. The van der Waals surface area contributed by atoms with Gasteiger partial charge in [0.2, 0.25) is 10.0 Å². The summed E-state index contributed by atoms with van der Waals surface area (Å²) in [6.45, 7) is 7.34. The molecular weight excluding hydrogens is 291 g/mol. The average molecular weight is 314 g/mol. The number of sulfonamides is 1. The Balaban J connectivity index is 2.08. The fourth-order valence-corrected chi connectivity index (χ4v) is 4.24. The van der Waals surface area contributed by atoms with E-state index < -0.39 is 15.8 Å². The third kappa shape index (κ3) is 3.81. The molecule has 6 heteroatoms. The van der Waals surface area contributed by atoms with Gasteiger partial charge in [0.25, 0.3) is 0 Å². The van der Waals surface area contributed by atoms with E-state index in [9.17, 15) is 12.8 Å². The summed E-state index contributed by atoms with van der Waals surface area (Å²) >= 11 is 0. The largest absolute Gasteiger partial charge is 0.301 e. The van der Waals surface area contributed by atoms with Crippen molar-refractivity contribution in [2.75, 3.05) is 32.7 Å². The second-order valence-electron chi connectivity index (χ2n) is 5.51. The number of hydrogen-bond acceptors (Lipinski definition) is 3. The van der Waals surface area contributed by atoms with Gasteiger partial charge >= 0.3 is 0 Å². The highest BCUT2D eigenvalue weighted by Crippen LogP contribution is 2.22. The van der Waals surface area contributed by atoms with Crippen molar-refractivity contribution in [3.8, 4) is 0 Å². The van der Waals surface area contributed by atoms with E-state index in [2.05, 4.69) is 11.8 Å². The molecule has 4 nitrogen and oxygen atoms in total. The van der Waals surface area contributed by atoms with Crippen molar-refractivity contribution in [3.63, 3.8) is 0 Å². The van der Waals surface area contributed by atoms with Crippen LogP contribution in [0.15, 0.2) is 23.1 Å². The van der Waals surface area contributed by atoms with Crippen LogP contribution in [0.3, 0.4) is 0 Å². The van der Waals surface area contributed by atoms with Gasteiger partial charge in [-0.05, 0) is 43.7 Å². The van der Waals surface area contributed by atoms with E-state index in [1.54, 1.807) is 6.92 Å². The number of aryl methyl sites for hydroxylation is 1. The number of benzene rings is 1. The monoisotopic (exact) mass is 314 g/mol. The Hall–Kier alpha value is -0.980. The Bertz CT molecular complexity index is 581. The van der Waals surface area contributed by atoms with Crippen LogP contribution < -0.4 is 0 Å². The molecule has 21 heavy (non-hydrogen) atoms. The van der Waals surface area contributed by atoms with Crippen LogP contribution in [0.4, 0.5) is 4.39 Å². The molecule has 118 valence electrons. The second-order valence-corrected chi connectivity index (χ2v) is 7.42. The Morgan fingerprint density at radius 3 is 2.43 bits per heavy atom. The summed E-state index contributed by atoms with van der Waals surface area (Å²) in [7, 11) is -3.51. The fraction of sp³-hybridized carbons (Fsp3) is 0.600. The molecule has 0 amide bonds. The summed E-state index contributed by atoms with van der Waals surface area (Å²) < 4.78 is 39.9. The third-order valence-corrected chi connectivity index (χ3v) is 5.97. The highest BCUT2D eigenvalue weighted by Gasteiger charge is 2.29. The molecule has 2 rings (SSSR count). The van der Waals surface area contributed by atoms with Crippen LogP contribution in [-0.2, 0) is 10.0 Å². The van der Waals surface area contributed by atoms with Crippen molar-refractivity contribution in [1.82, 2.24) is 9.21 Å². The first-order chi connectivity index (χ1) is 9.95. The minimum atomic E-state index is -3.51. The van der Waals surface area contributed by atoms with Crippen LogP contribution in [-0.4, -0.2) is 50.3 Å². The zero-order valence-corrected chi connectivity index (χ0v) is 13.5. The molecule has 1 heterocycles. The molecule has 0 spiro atoms. The maximum Gasteiger partial charge on any atom is 0.243 e. The molecule has 1 saturated heterocycles. The lowest BCUT2D eigenvalue weighted by atomic mass is 10.2. The van der Waals surface area contributed by atoms with E-state index in [4.69, 9.17) is 0 Å². The Morgan fingerprint density at radius 1 is 1.19 bits per heavy atom. The smallest absolute Gasteiger partial charge is 0.243 e. The topological polar surface area (TPSA) is 40.6 Å². The summed E-state index contributed by atoms with van der Waals surface area (Å²) in [5.41, 5.74) is 0.461. The predicted octanol–water partition coefficient (Wildman–Crippen LogP) is 2.24. The predicted molar refractivity (Wildman–Crippen MR) is 81.2 cm³/mol. The molecule has 0 N–H and O–H groups in total. The van der Waals surface area contributed by atoms with Gasteiger partial charge in [-0.25, -0.2) is 12.8 Å². The van der Waals surface area contributed by atoms with Crippen LogP contribution in [0.2, 0.25) is 0 Å². The standard InChI is InChI=1S/C15H23FN2O2S/c1-3-4-7-17-8-10-18(11-9-17)21(19,20)15-6-5-14(16)12-13(15)2/h5-6,12H,3-4,7-11H2,1-2H3. The van der Waals surface area contributed by atoms with Crippen LogP contribution in [0.25, 0.3) is 0 Å². The van der Waals surface area contributed by atoms with Crippen LogP contribution in [0.5, 0.6) is 0 Å². The van der Waals surface area contributed by atoms with Gasteiger partial charge in [-0.3, -0.25) is 0 Å². The highest BCUT2D eigenvalue weighted by atomic mass is 32.2. The molecule has 1 aromatic rings. The first kappa shape index (κ1) is 16.4. The van der Waals surface area contributed by atoms with E-state index in [0.29, 0.717) is 18.7 Å². The first-order valence-electron chi connectivity index (χ1n) is 7.44. The molecular formula is C15H23FN2O2S. The molecule has 1 aliphatic heterocycles. The first-order valence-corrected chi connectivity index (χ1v) is 8.88. The lowest BCUT2D eigenvalue weighted by Gasteiger charge is -2.34. The van der Waals surface area contributed by atoms with E-state index >= 15 is 0 Å². The second kappa shape index (κ2) is 6.85. The molecule has 1 aliphatic rings. The molecule has 0 unspecified atom stereocenters. The summed E-state index contributed by atoms with van der Waals surface area (Å²) in [4.78, 5) is 2.51. The zero-order valence-electron chi connectivity index (χ0n) is 12.7. The van der Waals surface area contributed by atoms with Crippen LogP contribution >= 0.6 is 0 Å². The number of halogens is 1. The number of nitrogens with zero attached hydrogens (tertiary/aromatic N) is 2. The van der Waals surface area contributed by atoms with E-state index in [1.807, 2.05) is 0 Å².